The van der Waals surface area contributed by atoms with Crippen LogP contribution >= 0.6 is 11.8 Å². The van der Waals surface area contributed by atoms with Crippen molar-refractivity contribution >= 4 is 39.1 Å². The van der Waals surface area contributed by atoms with E-state index in [-0.39, 0.29) is 22.5 Å². The molecule has 28 heavy (non-hydrogen) atoms. The van der Waals surface area contributed by atoms with Gasteiger partial charge in [-0.3, -0.25) is 9.59 Å². The van der Waals surface area contributed by atoms with Crippen LogP contribution < -0.4 is 10.6 Å². The van der Waals surface area contributed by atoms with Crippen molar-refractivity contribution in [3.63, 3.8) is 0 Å². The molecule has 3 rings (SSSR count). The highest BCUT2D eigenvalue weighted by molar-refractivity contribution is 7.99. The summed E-state index contributed by atoms with van der Waals surface area (Å²) in [5.41, 5.74) is 1.46. The van der Waals surface area contributed by atoms with Crippen molar-refractivity contribution < 1.29 is 18.0 Å². The van der Waals surface area contributed by atoms with Crippen LogP contribution in [0.5, 0.6) is 0 Å². The predicted molar refractivity (Wildman–Crippen MR) is 110 cm³/mol. The minimum atomic E-state index is -3.67. The second-order valence-corrected chi connectivity index (χ2v) is 9.86. The number of carbonyl (C=O) groups excluding carboxylic acids is 2. The third-order valence-corrected chi connectivity index (χ3v) is 7.38. The first kappa shape index (κ1) is 20.4. The monoisotopic (exact) mass is 418 g/mol. The zero-order chi connectivity index (χ0) is 20.1. The van der Waals surface area contributed by atoms with Gasteiger partial charge in [-0.1, -0.05) is 37.3 Å². The quantitative estimate of drug-likeness (QED) is 0.753. The molecule has 0 spiro atoms. The van der Waals surface area contributed by atoms with Gasteiger partial charge in [-0.15, -0.1) is 11.8 Å². The highest BCUT2D eigenvalue weighted by Gasteiger charge is 2.25. The number of thioether (sulfide) groups is 1. The number of benzene rings is 2. The van der Waals surface area contributed by atoms with Crippen LogP contribution in [0.1, 0.15) is 18.9 Å². The maximum atomic E-state index is 12.8. The molecule has 0 aliphatic carbocycles. The molecule has 2 N–H and O–H groups in total. The van der Waals surface area contributed by atoms with E-state index in [2.05, 4.69) is 10.6 Å². The number of nitrogens with one attached hydrogen (secondary N) is 2. The second kappa shape index (κ2) is 8.79. The molecule has 8 heteroatoms. The Balaban J connectivity index is 1.67. The Morgan fingerprint density at radius 1 is 1.21 bits per heavy atom. The number of fused-ring (bicyclic) bond motifs is 1. The lowest BCUT2D eigenvalue weighted by Gasteiger charge is -2.14. The lowest BCUT2D eigenvalue weighted by atomic mass is 10.2. The molecule has 0 fully saturated rings. The maximum Gasteiger partial charge on any atom is 0.225 e. The summed E-state index contributed by atoms with van der Waals surface area (Å²) in [5.74, 6) is -0.783. The first-order valence-electron chi connectivity index (χ1n) is 8.96. The normalized spacial score (nSPS) is 15.1. The van der Waals surface area contributed by atoms with E-state index < -0.39 is 15.8 Å². The fourth-order valence-electron chi connectivity index (χ4n) is 2.85. The molecule has 2 amide bonds. The number of hydrogen-bond acceptors (Lipinski definition) is 5. The van der Waals surface area contributed by atoms with Gasteiger partial charge in [0.25, 0.3) is 0 Å². The Morgan fingerprint density at radius 3 is 2.71 bits per heavy atom. The van der Waals surface area contributed by atoms with E-state index in [1.807, 2.05) is 30.3 Å². The number of sulfone groups is 1. The molecule has 148 valence electrons. The summed E-state index contributed by atoms with van der Waals surface area (Å²) >= 11 is 1.51. The van der Waals surface area contributed by atoms with E-state index in [1.54, 1.807) is 13.0 Å². The molecule has 2 aromatic carbocycles. The fourth-order valence-corrected chi connectivity index (χ4v) is 5.36. The van der Waals surface area contributed by atoms with Crippen LogP contribution in [0.2, 0.25) is 0 Å². The van der Waals surface area contributed by atoms with E-state index in [9.17, 15) is 18.0 Å². The van der Waals surface area contributed by atoms with Crippen molar-refractivity contribution in [3.05, 3.63) is 54.1 Å². The van der Waals surface area contributed by atoms with Gasteiger partial charge in [0.15, 0.2) is 9.84 Å². The van der Waals surface area contributed by atoms with E-state index >= 15 is 0 Å². The number of hydrogen-bond donors (Lipinski definition) is 2. The van der Waals surface area contributed by atoms with E-state index in [0.717, 1.165) is 10.5 Å². The van der Waals surface area contributed by atoms with Crippen LogP contribution in [0, 0.1) is 5.92 Å². The van der Waals surface area contributed by atoms with Gasteiger partial charge in [-0.25, -0.2) is 8.42 Å². The Labute approximate surface area is 169 Å². The number of carbonyl (C=O) groups is 2. The van der Waals surface area contributed by atoms with Crippen molar-refractivity contribution in [2.45, 2.75) is 29.7 Å². The standard InChI is InChI=1S/C20H22N2O4S2/c1-14(20(24)21-12-15-5-3-2-4-6-15)13-28(25,26)16-7-8-18-17(11-16)22-19(23)9-10-27-18/h2-8,11,14H,9-10,12-13H2,1H3,(H,21,24)(H,22,23)/t14-/m0/s1. The first-order valence-corrected chi connectivity index (χ1v) is 11.6. The zero-order valence-corrected chi connectivity index (χ0v) is 17.1. The summed E-state index contributed by atoms with van der Waals surface area (Å²) in [4.78, 5) is 25.0. The molecule has 0 unspecified atom stereocenters. The van der Waals surface area contributed by atoms with Crippen molar-refractivity contribution in [1.82, 2.24) is 5.32 Å². The second-order valence-electron chi connectivity index (χ2n) is 6.69. The SMILES string of the molecule is C[C@@H](CS(=O)(=O)c1ccc2c(c1)NC(=O)CCS2)C(=O)NCc1ccccc1. The van der Waals surface area contributed by atoms with Crippen LogP contribution in [-0.4, -0.2) is 31.7 Å². The highest BCUT2D eigenvalue weighted by atomic mass is 32.2. The molecule has 0 radical (unpaired) electrons. The molecule has 1 heterocycles. The molecule has 0 aromatic heterocycles. The summed E-state index contributed by atoms with van der Waals surface area (Å²) < 4.78 is 25.6. The van der Waals surface area contributed by atoms with Gasteiger partial charge in [-0.05, 0) is 23.8 Å². The van der Waals surface area contributed by atoms with E-state index in [0.29, 0.717) is 24.4 Å². The van der Waals surface area contributed by atoms with Crippen LogP contribution in [0.4, 0.5) is 5.69 Å². The van der Waals surface area contributed by atoms with Gasteiger partial charge in [0.1, 0.15) is 0 Å². The van der Waals surface area contributed by atoms with Gasteiger partial charge < -0.3 is 10.6 Å². The topological polar surface area (TPSA) is 92.3 Å². The average Bonchev–Trinajstić information content (AvgIpc) is 2.86. The number of amides is 2. The average molecular weight is 419 g/mol. The number of rotatable bonds is 6. The van der Waals surface area contributed by atoms with Crippen molar-refractivity contribution in [1.29, 1.82) is 0 Å². The van der Waals surface area contributed by atoms with Crippen LogP contribution in [0.25, 0.3) is 0 Å². The summed E-state index contributed by atoms with van der Waals surface area (Å²) in [6, 6.07) is 14.2. The lowest BCUT2D eigenvalue weighted by molar-refractivity contribution is -0.124. The minimum absolute atomic E-state index is 0.108. The summed E-state index contributed by atoms with van der Waals surface area (Å²) in [5, 5.41) is 5.52. The Morgan fingerprint density at radius 2 is 1.96 bits per heavy atom. The molecule has 2 aromatic rings. The van der Waals surface area contributed by atoms with Crippen molar-refractivity contribution in [2.24, 2.45) is 5.92 Å². The largest absolute Gasteiger partial charge is 0.352 e. The molecular formula is C20H22N2O4S2. The molecular weight excluding hydrogens is 396 g/mol. The van der Waals surface area contributed by atoms with Gasteiger partial charge in [0.2, 0.25) is 11.8 Å². The third kappa shape index (κ3) is 5.14. The van der Waals surface area contributed by atoms with Crippen LogP contribution in [0.3, 0.4) is 0 Å². The summed E-state index contributed by atoms with van der Waals surface area (Å²) in [6.45, 7) is 1.95. The predicted octanol–water partition coefficient (Wildman–Crippen LogP) is 2.85. The minimum Gasteiger partial charge on any atom is -0.352 e. The van der Waals surface area contributed by atoms with Gasteiger partial charge >= 0.3 is 0 Å². The molecule has 1 atom stereocenters. The van der Waals surface area contributed by atoms with Gasteiger partial charge in [0.05, 0.1) is 16.3 Å². The summed E-state index contributed by atoms with van der Waals surface area (Å²) in [7, 11) is -3.67. The molecule has 1 aliphatic heterocycles. The number of anilines is 1. The first-order chi connectivity index (χ1) is 13.3. The van der Waals surface area contributed by atoms with Crippen molar-refractivity contribution in [3.8, 4) is 0 Å². The molecule has 0 bridgehead atoms. The Hall–Kier alpha value is -2.32. The van der Waals surface area contributed by atoms with E-state index in [1.165, 1.54) is 23.9 Å². The van der Waals surface area contributed by atoms with E-state index in [4.69, 9.17) is 0 Å². The Kier molecular flexibility index (Phi) is 6.41. The fraction of sp³-hybridized carbons (Fsp3) is 0.300. The van der Waals surface area contributed by atoms with Crippen molar-refractivity contribution in [2.75, 3.05) is 16.8 Å². The third-order valence-electron chi connectivity index (χ3n) is 4.40. The van der Waals surface area contributed by atoms with Crippen LogP contribution in [-0.2, 0) is 26.0 Å². The molecule has 1 aliphatic rings. The van der Waals surface area contributed by atoms with Gasteiger partial charge in [0, 0.05) is 29.5 Å². The Bertz CT molecular complexity index is 975. The zero-order valence-electron chi connectivity index (χ0n) is 15.5. The smallest absolute Gasteiger partial charge is 0.225 e. The lowest BCUT2D eigenvalue weighted by Crippen LogP contribution is -2.32. The maximum absolute atomic E-state index is 12.8. The van der Waals surface area contributed by atoms with Crippen LogP contribution in [0.15, 0.2) is 58.3 Å². The molecule has 0 saturated carbocycles. The molecule has 0 saturated heterocycles. The molecule has 6 nitrogen and oxygen atoms in total. The highest BCUT2D eigenvalue weighted by Crippen LogP contribution is 2.33. The van der Waals surface area contributed by atoms with Gasteiger partial charge in [-0.2, -0.15) is 0 Å². The summed E-state index contributed by atoms with van der Waals surface area (Å²) in [6.07, 6.45) is 0.389.